The Labute approximate surface area is 115 Å². The zero-order valence-electron chi connectivity index (χ0n) is 10.9. The largest absolute Gasteiger partial charge is 0.401 e. The highest BCUT2D eigenvalue weighted by molar-refractivity contribution is 5.19. The van der Waals surface area contributed by atoms with E-state index in [1.807, 2.05) is 0 Å². The lowest BCUT2D eigenvalue weighted by atomic mass is 10.0. The fraction of sp³-hybridized carbons (Fsp3) is 0.538. The molecule has 1 aromatic rings. The van der Waals surface area contributed by atoms with E-state index < -0.39 is 24.6 Å². The minimum atomic E-state index is -4.32. The lowest BCUT2D eigenvalue weighted by Crippen LogP contribution is -2.37. The van der Waals surface area contributed by atoms with E-state index >= 15 is 0 Å². The maximum atomic E-state index is 13.0. The average molecular weight is 294 g/mol. The topological polar surface area (TPSA) is 49.5 Å². The minimum absolute atomic E-state index is 0.0740. The summed E-state index contributed by atoms with van der Waals surface area (Å²) in [4.78, 5) is 1.08. The van der Waals surface area contributed by atoms with Gasteiger partial charge in [0.15, 0.2) is 0 Å². The normalized spacial score (nSPS) is 13.8. The Kier molecular flexibility index (Phi) is 6.38. The maximum absolute atomic E-state index is 13.0. The lowest BCUT2D eigenvalue weighted by Gasteiger charge is -2.24. The third-order valence-corrected chi connectivity index (χ3v) is 2.85. The standard InChI is InChI=1S/C13H18F4N2O/c14-11-3-1-2-10(8-11)12(18)4-5-19(6-7-20)9-13(15,16)17/h1-3,8,12,20H,4-7,9,18H2. The van der Waals surface area contributed by atoms with E-state index in [2.05, 4.69) is 0 Å². The highest BCUT2D eigenvalue weighted by atomic mass is 19.4. The molecule has 0 saturated carbocycles. The smallest absolute Gasteiger partial charge is 0.395 e. The number of hydrogen-bond acceptors (Lipinski definition) is 3. The van der Waals surface area contributed by atoms with Crippen molar-refractivity contribution >= 4 is 0 Å². The van der Waals surface area contributed by atoms with E-state index in [1.54, 1.807) is 6.07 Å². The van der Waals surface area contributed by atoms with Crippen LogP contribution in [0, 0.1) is 5.82 Å². The van der Waals surface area contributed by atoms with Crippen molar-refractivity contribution < 1.29 is 22.7 Å². The van der Waals surface area contributed by atoms with Crippen LogP contribution in [0.25, 0.3) is 0 Å². The molecule has 1 unspecified atom stereocenters. The average Bonchev–Trinajstić information content (AvgIpc) is 2.34. The molecule has 0 spiro atoms. The van der Waals surface area contributed by atoms with Gasteiger partial charge in [-0.1, -0.05) is 12.1 Å². The molecule has 114 valence electrons. The zero-order valence-corrected chi connectivity index (χ0v) is 10.9. The Morgan fingerprint density at radius 3 is 2.50 bits per heavy atom. The van der Waals surface area contributed by atoms with E-state index in [-0.39, 0.29) is 26.1 Å². The van der Waals surface area contributed by atoms with E-state index in [9.17, 15) is 17.6 Å². The number of halogens is 4. The van der Waals surface area contributed by atoms with Crippen LogP contribution in [0.3, 0.4) is 0 Å². The number of aliphatic hydroxyl groups is 1. The summed E-state index contributed by atoms with van der Waals surface area (Å²) in [6.45, 7) is -1.44. The third-order valence-electron chi connectivity index (χ3n) is 2.85. The minimum Gasteiger partial charge on any atom is -0.395 e. The van der Waals surface area contributed by atoms with Gasteiger partial charge in [-0.2, -0.15) is 13.2 Å². The second-order valence-corrected chi connectivity index (χ2v) is 4.57. The van der Waals surface area contributed by atoms with Crippen molar-refractivity contribution in [3.05, 3.63) is 35.6 Å². The van der Waals surface area contributed by atoms with E-state index in [1.165, 1.54) is 18.2 Å². The fourth-order valence-electron chi connectivity index (χ4n) is 1.89. The number of nitrogens with two attached hydrogens (primary N) is 1. The molecule has 0 heterocycles. The van der Waals surface area contributed by atoms with Crippen molar-refractivity contribution in [2.24, 2.45) is 5.73 Å². The third kappa shape index (κ3) is 6.31. The first-order chi connectivity index (χ1) is 9.31. The molecule has 0 aliphatic rings. The van der Waals surface area contributed by atoms with Gasteiger partial charge >= 0.3 is 6.18 Å². The molecule has 0 radical (unpaired) electrons. The SMILES string of the molecule is NC(CCN(CCO)CC(F)(F)F)c1cccc(F)c1. The van der Waals surface area contributed by atoms with Gasteiger partial charge in [-0.25, -0.2) is 4.39 Å². The number of hydrogen-bond donors (Lipinski definition) is 2. The maximum Gasteiger partial charge on any atom is 0.401 e. The van der Waals surface area contributed by atoms with Crippen molar-refractivity contribution in [1.82, 2.24) is 4.90 Å². The van der Waals surface area contributed by atoms with Crippen LogP contribution in [-0.2, 0) is 0 Å². The quantitative estimate of drug-likeness (QED) is 0.757. The number of aliphatic hydroxyl groups excluding tert-OH is 1. The lowest BCUT2D eigenvalue weighted by molar-refractivity contribution is -0.146. The molecule has 0 bridgehead atoms. The number of rotatable bonds is 7. The highest BCUT2D eigenvalue weighted by Gasteiger charge is 2.30. The van der Waals surface area contributed by atoms with Gasteiger partial charge in [0.1, 0.15) is 5.82 Å². The molecule has 0 fully saturated rings. The molecule has 0 aliphatic heterocycles. The molecule has 1 rings (SSSR count). The predicted molar refractivity (Wildman–Crippen MR) is 67.5 cm³/mol. The summed E-state index contributed by atoms with van der Waals surface area (Å²) in [5.41, 5.74) is 6.38. The van der Waals surface area contributed by atoms with Gasteiger partial charge in [0.2, 0.25) is 0 Å². The summed E-state index contributed by atoms with van der Waals surface area (Å²) in [7, 11) is 0. The summed E-state index contributed by atoms with van der Waals surface area (Å²) < 4.78 is 50.0. The van der Waals surface area contributed by atoms with Crippen LogP contribution in [-0.4, -0.2) is 42.4 Å². The second kappa shape index (κ2) is 7.56. The zero-order chi connectivity index (χ0) is 15.2. The van der Waals surface area contributed by atoms with E-state index in [0.717, 1.165) is 4.90 Å². The Morgan fingerprint density at radius 1 is 1.25 bits per heavy atom. The van der Waals surface area contributed by atoms with Gasteiger partial charge in [-0.3, -0.25) is 4.90 Å². The van der Waals surface area contributed by atoms with Crippen LogP contribution in [0.5, 0.6) is 0 Å². The van der Waals surface area contributed by atoms with Crippen molar-refractivity contribution in [2.75, 3.05) is 26.2 Å². The molecule has 0 aliphatic carbocycles. The molecule has 3 nitrogen and oxygen atoms in total. The number of benzene rings is 1. The Morgan fingerprint density at radius 2 is 1.95 bits per heavy atom. The van der Waals surface area contributed by atoms with E-state index in [0.29, 0.717) is 5.56 Å². The molecule has 7 heteroatoms. The van der Waals surface area contributed by atoms with Crippen molar-refractivity contribution in [2.45, 2.75) is 18.6 Å². The summed E-state index contributed by atoms with van der Waals surface area (Å²) in [6, 6.07) is 5.14. The summed E-state index contributed by atoms with van der Waals surface area (Å²) in [5, 5.41) is 8.76. The van der Waals surface area contributed by atoms with Gasteiger partial charge in [0, 0.05) is 19.1 Å². The molecule has 3 N–H and O–H groups in total. The molecule has 20 heavy (non-hydrogen) atoms. The number of nitrogens with zero attached hydrogens (tertiary/aromatic N) is 1. The Balaban J connectivity index is 2.54. The molecule has 1 aromatic carbocycles. The van der Waals surface area contributed by atoms with Crippen LogP contribution in [0.15, 0.2) is 24.3 Å². The second-order valence-electron chi connectivity index (χ2n) is 4.57. The van der Waals surface area contributed by atoms with Gasteiger partial charge < -0.3 is 10.8 Å². The van der Waals surface area contributed by atoms with Crippen LogP contribution in [0.1, 0.15) is 18.0 Å². The first-order valence-electron chi connectivity index (χ1n) is 6.23. The predicted octanol–water partition coefficient (Wildman–Crippen LogP) is 2.07. The Bertz CT molecular complexity index is 412. The van der Waals surface area contributed by atoms with Crippen LogP contribution in [0.4, 0.5) is 17.6 Å². The van der Waals surface area contributed by atoms with E-state index in [4.69, 9.17) is 10.8 Å². The van der Waals surface area contributed by atoms with Gasteiger partial charge in [0.05, 0.1) is 13.2 Å². The molecular formula is C13H18F4N2O. The van der Waals surface area contributed by atoms with Crippen molar-refractivity contribution in [3.63, 3.8) is 0 Å². The van der Waals surface area contributed by atoms with Gasteiger partial charge in [-0.05, 0) is 24.1 Å². The highest BCUT2D eigenvalue weighted by Crippen LogP contribution is 2.19. The van der Waals surface area contributed by atoms with Gasteiger partial charge in [-0.15, -0.1) is 0 Å². The van der Waals surface area contributed by atoms with Crippen LogP contribution < -0.4 is 5.73 Å². The molecule has 0 aromatic heterocycles. The van der Waals surface area contributed by atoms with Gasteiger partial charge in [0.25, 0.3) is 0 Å². The number of alkyl halides is 3. The summed E-state index contributed by atoms with van der Waals surface area (Å²) >= 11 is 0. The molecule has 0 saturated heterocycles. The molecule has 0 amide bonds. The van der Waals surface area contributed by atoms with Crippen molar-refractivity contribution in [1.29, 1.82) is 0 Å². The Hall–Kier alpha value is -1.18. The fourth-order valence-corrected chi connectivity index (χ4v) is 1.89. The monoisotopic (exact) mass is 294 g/mol. The summed E-state index contributed by atoms with van der Waals surface area (Å²) in [6.07, 6.45) is -4.07. The first kappa shape index (κ1) is 16.9. The summed E-state index contributed by atoms with van der Waals surface area (Å²) in [5.74, 6) is -0.430. The van der Waals surface area contributed by atoms with Crippen LogP contribution in [0.2, 0.25) is 0 Å². The molecular weight excluding hydrogens is 276 g/mol. The first-order valence-corrected chi connectivity index (χ1v) is 6.23. The van der Waals surface area contributed by atoms with Crippen LogP contribution >= 0.6 is 0 Å². The molecule has 1 atom stereocenters. The van der Waals surface area contributed by atoms with Crippen molar-refractivity contribution in [3.8, 4) is 0 Å².